The summed E-state index contributed by atoms with van der Waals surface area (Å²) < 4.78 is 0. The van der Waals surface area contributed by atoms with Crippen molar-refractivity contribution in [2.45, 2.75) is 94.4 Å². The standard InChI is InChI=1S/C16H34P2.2CH3.Ti/c1-5-7-9-17-14-11-15(18-10-8-6-2)13-16(3,4)12-14;;;/h14-15,17-18H,5-13H2,1-4H3;2*1H3;. The van der Waals surface area contributed by atoms with Crippen LogP contribution in [0.5, 0.6) is 0 Å². The van der Waals surface area contributed by atoms with Crippen molar-refractivity contribution < 1.29 is 19.2 Å². The van der Waals surface area contributed by atoms with Crippen LogP contribution in [0.15, 0.2) is 0 Å². The van der Waals surface area contributed by atoms with Gasteiger partial charge in [-0.25, -0.2) is 0 Å². The van der Waals surface area contributed by atoms with Gasteiger partial charge in [-0.05, 0) is 61.2 Å². The van der Waals surface area contributed by atoms with Crippen LogP contribution in [0, 0.1) is 5.41 Å². The van der Waals surface area contributed by atoms with E-state index in [9.17, 15) is 0 Å². The van der Waals surface area contributed by atoms with Crippen LogP contribution in [-0.4, -0.2) is 23.6 Å². The second kappa shape index (κ2) is 14.0. The van der Waals surface area contributed by atoms with Crippen molar-refractivity contribution in [2.75, 3.05) is 12.3 Å². The summed E-state index contributed by atoms with van der Waals surface area (Å²) in [5.74, 6) is 0. The van der Waals surface area contributed by atoms with Crippen LogP contribution in [0.3, 0.4) is 0 Å². The van der Waals surface area contributed by atoms with Crippen LogP contribution in [-0.2, 0) is 19.2 Å². The van der Waals surface area contributed by atoms with Crippen LogP contribution in [0.2, 0.25) is 10.5 Å². The van der Waals surface area contributed by atoms with Gasteiger partial charge in [0.1, 0.15) is 0 Å². The van der Waals surface area contributed by atoms with E-state index in [4.69, 9.17) is 0 Å². The molecule has 1 rings (SSSR count). The van der Waals surface area contributed by atoms with Crippen molar-refractivity contribution in [1.82, 2.24) is 0 Å². The molecule has 0 heterocycles. The summed E-state index contributed by atoms with van der Waals surface area (Å²) in [7, 11) is 2.50. The van der Waals surface area contributed by atoms with Crippen LogP contribution < -0.4 is 0 Å². The number of hydrogen-bond donors (Lipinski definition) is 0. The second-order valence-electron chi connectivity index (χ2n) is 7.32. The molecule has 1 saturated carbocycles. The average Bonchev–Trinajstić information content (AvgIpc) is 2.38. The fourth-order valence-electron chi connectivity index (χ4n) is 3.20. The molecule has 1 aliphatic carbocycles. The summed E-state index contributed by atoms with van der Waals surface area (Å²) in [6.07, 6.45) is 13.2. The Morgan fingerprint density at radius 1 is 0.905 bits per heavy atom. The van der Waals surface area contributed by atoms with Gasteiger partial charge in [0.05, 0.1) is 0 Å². The maximum atomic E-state index is 2.51. The molecule has 0 aromatic carbocycles. The Kier molecular flexibility index (Phi) is 15.0. The monoisotopic (exact) mass is 366 g/mol. The molecule has 4 atom stereocenters. The van der Waals surface area contributed by atoms with Crippen molar-refractivity contribution >= 4 is 17.2 Å². The third-order valence-corrected chi connectivity index (χ3v) is 7.41. The summed E-state index contributed by atoms with van der Waals surface area (Å²) in [6.45, 7) is 9.68. The minimum absolute atomic E-state index is 0.500. The quantitative estimate of drug-likeness (QED) is 0.245. The molecule has 0 aromatic rings. The molecule has 4 unspecified atom stereocenters. The van der Waals surface area contributed by atoms with Gasteiger partial charge in [0.15, 0.2) is 0 Å². The first-order chi connectivity index (χ1) is 9.99. The fraction of sp³-hybridized carbons (Fsp3) is 1.00. The molecule has 126 valence electrons. The zero-order valence-corrected chi connectivity index (χ0v) is 19.1. The Hall–Kier alpha value is 1.57. The van der Waals surface area contributed by atoms with Gasteiger partial charge < -0.3 is 0 Å². The van der Waals surface area contributed by atoms with Gasteiger partial charge >= 0.3 is 29.6 Å². The predicted molar refractivity (Wildman–Crippen MR) is 103 cm³/mol. The van der Waals surface area contributed by atoms with Gasteiger partial charge in [-0.3, -0.25) is 0 Å². The minimum atomic E-state index is 0.500. The Balaban J connectivity index is 0.00000122. The van der Waals surface area contributed by atoms with Crippen LogP contribution in [0.4, 0.5) is 0 Å². The van der Waals surface area contributed by atoms with Crippen molar-refractivity contribution in [3.8, 4) is 0 Å². The topological polar surface area (TPSA) is 0 Å². The molecule has 0 aromatic heterocycles. The molecule has 1 aliphatic rings. The molecule has 0 bridgehead atoms. The summed E-state index contributed by atoms with van der Waals surface area (Å²) >= 11 is 0.500. The average molecular weight is 366 g/mol. The Bertz CT molecular complexity index is 211. The van der Waals surface area contributed by atoms with E-state index in [2.05, 4.69) is 38.2 Å². The fourth-order valence-corrected chi connectivity index (χ4v) is 7.67. The molecule has 3 heteroatoms. The summed E-state index contributed by atoms with van der Waals surface area (Å²) in [5, 5.41) is 4.50. The summed E-state index contributed by atoms with van der Waals surface area (Å²) in [4.78, 5) is 0. The number of rotatable bonds is 8. The zero-order chi connectivity index (χ0) is 16.1. The van der Waals surface area contributed by atoms with Crippen molar-refractivity contribution in [1.29, 1.82) is 0 Å². The predicted octanol–water partition coefficient (Wildman–Crippen LogP) is 7.06. The van der Waals surface area contributed by atoms with Gasteiger partial charge in [0.25, 0.3) is 0 Å². The molecule has 0 saturated heterocycles. The van der Waals surface area contributed by atoms with Crippen LogP contribution in [0.1, 0.15) is 72.6 Å². The molecule has 0 amide bonds. The first-order valence-corrected chi connectivity index (χ1v) is 14.7. The maximum absolute atomic E-state index is 2.51. The summed E-state index contributed by atoms with van der Waals surface area (Å²) in [6, 6.07) is 0. The molecular weight excluding hydrogens is 326 g/mol. The first-order valence-electron chi connectivity index (χ1n) is 9.04. The molecule has 0 nitrogen and oxygen atoms in total. The van der Waals surface area contributed by atoms with Gasteiger partial charge in [0.2, 0.25) is 0 Å². The van der Waals surface area contributed by atoms with E-state index >= 15 is 0 Å². The van der Waals surface area contributed by atoms with Crippen molar-refractivity contribution in [3.63, 3.8) is 0 Å². The number of hydrogen-bond acceptors (Lipinski definition) is 0. The van der Waals surface area contributed by atoms with E-state index in [1.165, 1.54) is 68.0 Å². The third-order valence-electron chi connectivity index (χ3n) is 4.09. The van der Waals surface area contributed by atoms with Crippen LogP contribution >= 0.6 is 17.2 Å². The molecular formula is C18H40P2Ti. The Morgan fingerprint density at radius 2 is 1.29 bits per heavy atom. The third kappa shape index (κ3) is 12.6. The van der Waals surface area contributed by atoms with Gasteiger partial charge in [-0.1, -0.05) is 40.5 Å². The van der Waals surface area contributed by atoms with Crippen LogP contribution in [0.25, 0.3) is 0 Å². The SMILES string of the molecule is CCCCPC1CC(PCCCC)CC(C)(C)C1.[CH3][Ti][CH3]. The van der Waals surface area contributed by atoms with E-state index in [0.717, 1.165) is 11.3 Å². The van der Waals surface area contributed by atoms with E-state index in [0.29, 0.717) is 24.6 Å². The zero-order valence-electron chi connectivity index (χ0n) is 15.5. The normalized spacial score (nSPS) is 25.2. The van der Waals surface area contributed by atoms with Crippen molar-refractivity contribution in [2.24, 2.45) is 5.41 Å². The van der Waals surface area contributed by atoms with Gasteiger partial charge in [-0.2, -0.15) is 0 Å². The van der Waals surface area contributed by atoms with E-state index in [-0.39, 0.29) is 0 Å². The molecule has 0 radical (unpaired) electrons. The Morgan fingerprint density at radius 3 is 1.62 bits per heavy atom. The molecule has 0 N–H and O–H groups in total. The molecule has 1 fully saturated rings. The number of unbranched alkanes of at least 4 members (excludes halogenated alkanes) is 2. The summed E-state index contributed by atoms with van der Waals surface area (Å²) in [5.41, 5.74) is 2.77. The molecule has 21 heavy (non-hydrogen) atoms. The van der Waals surface area contributed by atoms with Crippen molar-refractivity contribution in [3.05, 3.63) is 0 Å². The van der Waals surface area contributed by atoms with Gasteiger partial charge in [0, 0.05) is 0 Å². The first kappa shape index (κ1) is 22.6. The van der Waals surface area contributed by atoms with E-state index in [1.54, 1.807) is 6.42 Å². The van der Waals surface area contributed by atoms with E-state index < -0.39 is 0 Å². The Labute approximate surface area is 148 Å². The molecule has 0 aliphatic heterocycles. The second-order valence-corrected chi connectivity index (χ2v) is 12.3. The van der Waals surface area contributed by atoms with Gasteiger partial charge in [-0.15, -0.1) is 17.2 Å². The van der Waals surface area contributed by atoms with E-state index in [1.807, 2.05) is 0 Å². The molecule has 0 spiro atoms.